The first-order chi connectivity index (χ1) is 43.3. The van der Waals surface area contributed by atoms with Gasteiger partial charge in [-0.2, -0.15) is 11.8 Å². The molecule has 11 atom stereocenters. The van der Waals surface area contributed by atoms with E-state index in [0.717, 1.165) is 6.92 Å². The number of aliphatic carboxylic acids is 2. The Labute approximate surface area is 534 Å². The molecule has 0 saturated carbocycles. The fourth-order valence-corrected chi connectivity index (χ4v) is 8.95. The van der Waals surface area contributed by atoms with Crippen molar-refractivity contribution in [2.24, 2.45) is 66.8 Å². The molecular weight excluding hydrogens is 1230 g/mol. The number of thioether (sulfide) groups is 1. The van der Waals surface area contributed by atoms with E-state index in [9.17, 15) is 77.6 Å². The van der Waals surface area contributed by atoms with Crippen molar-refractivity contribution in [3.05, 3.63) is 18.2 Å². The molecule has 39 heteroatoms. The maximum atomic E-state index is 14.4. The number of carbonyl (C=O) groups excluding carboxylic acids is 11. The Kier molecular flexibility index (Phi) is 38.0. The van der Waals surface area contributed by atoms with Crippen LogP contribution in [0.3, 0.4) is 0 Å². The van der Waals surface area contributed by atoms with Crippen molar-refractivity contribution in [1.29, 1.82) is 0 Å². The van der Waals surface area contributed by atoms with Crippen LogP contribution in [0.25, 0.3) is 0 Å². The number of aliphatic imine (C=N–C) groups is 3. The van der Waals surface area contributed by atoms with Crippen molar-refractivity contribution in [2.45, 2.75) is 177 Å². The predicted octanol–water partition coefficient (Wildman–Crippen LogP) is -8.21. The van der Waals surface area contributed by atoms with Crippen LogP contribution in [0.15, 0.2) is 27.5 Å². The van der Waals surface area contributed by atoms with Gasteiger partial charge in [-0.05, 0) is 89.1 Å². The molecular formula is C53H92N22O16S. The molecule has 0 saturated heterocycles. The fraction of sp³-hybridized carbons (Fsp3) is 0.642. The summed E-state index contributed by atoms with van der Waals surface area (Å²) in [5, 5.41) is 52.4. The number of aromatic amines is 1. The number of hydrogen-bond acceptors (Lipinski definition) is 20. The third-order valence-electron chi connectivity index (χ3n) is 13.2. The highest BCUT2D eigenvalue weighted by atomic mass is 32.2. The van der Waals surface area contributed by atoms with Gasteiger partial charge in [0.1, 0.15) is 54.6 Å². The zero-order valence-electron chi connectivity index (χ0n) is 51.9. The minimum absolute atomic E-state index is 0.00606. The molecule has 1 heterocycles. The molecule has 0 spiro atoms. The lowest BCUT2D eigenvalue weighted by Gasteiger charge is -2.29. The molecule has 29 N–H and O–H groups in total. The second-order valence-electron chi connectivity index (χ2n) is 21.6. The van der Waals surface area contributed by atoms with Crippen LogP contribution in [0, 0.1) is 5.92 Å². The highest BCUT2D eigenvalue weighted by molar-refractivity contribution is 7.98. The summed E-state index contributed by atoms with van der Waals surface area (Å²) in [6, 6.07) is -15.6. The zero-order valence-corrected chi connectivity index (χ0v) is 52.7. The Morgan fingerprint density at radius 3 is 1.39 bits per heavy atom. The average Bonchev–Trinajstić information content (AvgIpc) is 1.17. The van der Waals surface area contributed by atoms with Gasteiger partial charge in [0.25, 0.3) is 0 Å². The zero-order chi connectivity index (χ0) is 69.6. The first-order valence-electron chi connectivity index (χ1n) is 29.2. The van der Waals surface area contributed by atoms with Crippen LogP contribution in [-0.2, 0) is 68.7 Å². The van der Waals surface area contributed by atoms with Gasteiger partial charge in [-0.1, -0.05) is 13.8 Å². The van der Waals surface area contributed by atoms with Gasteiger partial charge >= 0.3 is 11.9 Å². The number of nitrogens with two attached hydrogens (primary N) is 8. The van der Waals surface area contributed by atoms with Gasteiger partial charge in [0.2, 0.25) is 59.1 Å². The van der Waals surface area contributed by atoms with E-state index >= 15 is 0 Å². The van der Waals surface area contributed by atoms with E-state index in [-0.39, 0.29) is 113 Å². The molecule has 0 bridgehead atoms. The fourth-order valence-electron chi connectivity index (χ4n) is 8.46. The molecule has 10 amide bonds. The summed E-state index contributed by atoms with van der Waals surface area (Å²) in [7, 11) is 0. The molecule has 1 aromatic heterocycles. The van der Waals surface area contributed by atoms with Crippen molar-refractivity contribution in [2.75, 3.05) is 31.6 Å². The van der Waals surface area contributed by atoms with E-state index in [1.807, 2.05) is 0 Å². The molecule has 516 valence electrons. The number of aldehydes is 1. The number of carboxylic acid groups (broad SMARTS) is 2. The van der Waals surface area contributed by atoms with Crippen LogP contribution >= 0.6 is 11.8 Å². The summed E-state index contributed by atoms with van der Waals surface area (Å²) in [6.45, 7) is 4.34. The Hall–Kier alpha value is -9.40. The van der Waals surface area contributed by atoms with E-state index in [0.29, 0.717) is 12.0 Å². The van der Waals surface area contributed by atoms with Gasteiger partial charge in [0.05, 0.1) is 30.9 Å². The first kappa shape index (κ1) is 80.6. The number of carboxylic acids is 2. The number of nitrogens with zero attached hydrogens (tertiary/aromatic N) is 4. The number of primary amides is 1. The minimum Gasteiger partial charge on any atom is -0.481 e. The van der Waals surface area contributed by atoms with Gasteiger partial charge < -0.3 is 119 Å². The van der Waals surface area contributed by atoms with Gasteiger partial charge in [-0.3, -0.25) is 72.5 Å². The van der Waals surface area contributed by atoms with Gasteiger partial charge in [-0.25, -0.2) is 4.98 Å². The predicted molar refractivity (Wildman–Crippen MR) is 335 cm³/mol. The number of aliphatic hydroxyl groups excluding tert-OH is 1. The van der Waals surface area contributed by atoms with Crippen LogP contribution < -0.4 is 93.7 Å². The lowest BCUT2D eigenvalue weighted by atomic mass is 10.0. The van der Waals surface area contributed by atoms with E-state index in [1.165, 1.54) is 24.3 Å². The number of aromatic nitrogens is 2. The first-order valence-corrected chi connectivity index (χ1v) is 30.6. The number of carbonyl (C=O) groups is 13. The van der Waals surface area contributed by atoms with E-state index in [2.05, 4.69) is 72.8 Å². The molecule has 0 radical (unpaired) electrons. The van der Waals surface area contributed by atoms with Crippen molar-refractivity contribution >= 4 is 107 Å². The quantitative estimate of drug-likeness (QED) is 0.0125. The van der Waals surface area contributed by atoms with Gasteiger partial charge in [0, 0.05) is 50.8 Å². The molecule has 0 aliphatic rings. The summed E-state index contributed by atoms with van der Waals surface area (Å²) in [5.41, 5.74) is 44.1. The van der Waals surface area contributed by atoms with Crippen molar-refractivity contribution in [3.8, 4) is 0 Å². The van der Waals surface area contributed by atoms with Crippen molar-refractivity contribution in [3.63, 3.8) is 0 Å². The topological polar surface area (TPSA) is 665 Å². The molecule has 38 nitrogen and oxygen atoms in total. The number of imidazole rings is 1. The highest BCUT2D eigenvalue weighted by Crippen LogP contribution is 2.12. The SMILES string of the molecule is CSCC[C@H](N)C(=O)N[C@@H](CCCN=C(N)N)C(=O)N[C@@H](CC(=O)O)C(=O)N[C@@H](CCCN=C(N)N)C(=O)N[C@H](C(=O)N[C@@H](Cc1cnc[nH]1)C(=O)N[C@@H](CCC(=O)O)C(=O)N[C@@H](CC(C)C)C(=O)N[C@@H](CCCN=C(N)N)C(=O)N[C@H](C=O)CCC(N)=O)[C@@H](C)O. The standard InChI is InChI=1S/C53H92N22O16S/c1-26(2)20-35(47(88)69-31(8-5-16-63-51(56)57)43(84)67-28(24-76)11-13-38(55)78)72-45(86)34(12-14-39(79)80)71-48(89)36(21-29-23-62-25-66-29)74-50(91)41(27(3)77)75-46(87)33(10-7-18-65-53(60)61)70-49(90)37(22-40(81)82)73-44(85)32(9-6-17-64-52(58)59)68-42(83)30(54)15-19-92-4/h23-28,30-37,41,77H,5-22,54H2,1-4H3,(H2,55,78)(H,62,66)(H,67,84)(H,68,83)(H,69,88)(H,70,90)(H,71,89)(H,72,86)(H,73,85)(H,74,91)(H,75,87)(H,79,80)(H,81,82)(H4,56,57,63)(H4,58,59,64)(H4,60,61,65)/t27-,28+,30+,31+,32+,33+,34+,35+,36+,37+,41+/m1/s1. The maximum Gasteiger partial charge on any atom is 0.305 e. The maximum absolute atomic E-state index is 14.4. The van der Waals surface area contributed by atoms with E-state index in [4.69, 9.17) is 45.9 Å². The van der Waals surface area contributed by atoms with Crippen LogP contribution in [0.5, 0.6) is 0 Å². The van der Waals surface area contributed by atoms with Crippen molar-refractivity contribution in [1.82, 2.24) is 57.8 Å². The molecule has 1 rings (SSSR count). The average molecular weight is 1330 g/mol. The number of hydrogen-bond donors (Lipinski definition) is 21. The molecule has 92 heavy (non-hydrogen) atoms. The number of aliphatic hydroxyl groups is 1. The van der Waals surface area contributed by atoms with Crippen LogP contribution in [0.1, 0.15) is 110 Å². The van der Waals surface area contributed by atoms with E-state index < -0.39 is 163 Å². The van der Waals surface area contributed by atoms with Crippen LogP contribution in [0.2, 0.25) is 0 Å². The Morgan fingerprint density at radius 1 is 0.543 bits per heavy atom. The minimum atomic E-state index is -1.98. The van der Waals surface area contributed by atoms with Crippen LogP contribution in [0.4, 0.5) is 0 Å². The van der Waals surface area contributed by atoms with E-state index in [1.54, 1.807) is 20.1 Å². The number of rotatable bonds is 47. The Balaban J connectivity index is 3.71. The molecule has 0 aliphatic carbocycles. The molecule has 0 fully saturated rings. The molecule has 0 unspecified atom stereocenters. The summed E-state index contributed by atoms with van der Waals surface area (Å²) in [5.74, 6) is -14.0. The number of guanidine groups is 3. The molecule has 0 aromatic carbocycles. The molecule has 1 aromatic rings. The largest absolute Gasteiger partial charge is 0.481 e. The normalized spacial score (nSPS) is 14.5. The van der Waals surface area contributed by atoms with Gasteiger partial charge in [-0.15, -0.1) is 0 Å². The number of H-pyrrole nitrogens is 1. The summed E-state index contributed by atoms with van der Waals surface area (Å²) in [4.78, 5) is 192. The second kappa shape index (κ2) is 43.3. The third-order valence-corrected chi connectivity index (χ3v) is 13.8. The Morgan fingerprint density at radius 2 is 0.967 bits per heavy atom. The molecule has 0 aliphatic heterocycles. The second-order valence-corrected chi connectivity index (χ2v) is 22.6. The monoisotopic (exact) mass is 1320 g/mol. The van der Waals surface area contributed by atoms with Crippen LogP contribution in [-0.4, -0.2) is 219 Å². The number of nitrogens with one attached hydrogen (secondary N) is 10. The third kappa shape index (κ3) is 34.0. The van der Waals surface area contributed by atoms with Gasteiger partial charge in [0.15, 0.2) is 17.9 Å². The summed E-state index contributed by atoms with van der Waals surface area (Å²) < 4.78 is 0. The smallest absolute Gasteiger partial charge is 0.305 e. The number of amides is 10. The summed E-state index contributed by atoms with van der Waals surface area (Å²) in [6.07, 6.45) is -0.702. The Bertz CT molecular complexity index is 2710. The highest BCUT2D eigenvalue weighted by Gasteiger charge is 2.37. The van der Waals surface area contributed by atoms with Crippen molar-refractivity contribution < 1.29 is 77.6 Å². The summed E-state index contributed by atoms with van der Waals surface area (Å²) >= 11 is 1.41. The lowest BCUT2D eigenvalue weighted by Crippen LogP contribution is -2.62. The lowest BCUT2D eigenvalue weighted by molar-refractivity contribution is -0.142.